The number of piperidine rings is 2. The summed E-state index contributed by atoms with van der Waals surface area (Å²) < 4.78 is 5.75. The van der Waals surface area contributed by atoms with Crippen molar-refractivity contribution >= 4 is 16.9 Å². The van der Waals surface area contributed by atoms with E-state index in [2.05, 4.69) is 33.1 Å². The highest BCUT2D eigenvalue weighted by molar-refractivity contribution is 5.97. The second-order valence-corrected chi connectivity index (χ2v) is 9.61. The van der Waals surface area contributed by atoms with E-state index in [0.29, 0.717) is 18.6 Å². The minimum Gasteiger partial charge on any atom is -0.492 e. The van der Waals surface area contributed by atoms with Crippen LogP contribution < -0.4 is 10.4 Å². The van der Waals surface area contributed by atoms with Crippen molar-refractivity contribution in [1.82, 2.24) is 19.8 Å². The molecule has 4 heterocycles. The molecule has 3 aliphatic rings. The van der Waals surface area contributed by atoms with Crippen molar-refractivity contribution in [1.29, 1.82) is 0 Å². The average Bonchev–Trinajstić information content (AvgIpc) is 3.49. The van der Waals surface area contributed by atoms with E-state index >= 15 is 0 Å². The number of ether oxygens (including phenoxy) is 1. The van der Waals surface area contributed by atoms with Gasteiger partial charge < -0.3 is 24.5 Å². The predicted octanol–water partition coefficient (Wildman–Crippen LogP) is 3.28. The van der Waals surface area contributed by atoms with E-state index in [4.69, 9.17) is 4.74 Å². The summed E-state index contributed by atoms with van der Waals surface area (Å²) in [6.45, 7) is 4.47. The lowest BCUT2D eigenvalue weighted by Gasteiger charge is -2.42. The summed E-state index contributed by atoms with van der Waals surface area (Å²) in [5.41, 5.74) is 4.81. The van der Waals surface area contributed by atoms with Crippen LogP contribution in [0, 0.1) is 0 Å². The van der Waals surface area contributed by atoms with Crippen molar-refractivity contribution in [3.05, 3.63) is 63.6 Å². The molecular formula is C26H30N4O3. The fraction of sp³-hybridized carbons (Fsp3) is 0.462. The SMILES string of the molecule is O=C(c1cccc2c1OCC2)N1CCC(N2CCC(c3ccc4[nH]c(=O)[nH]c4c3)CC2)CC1. The molecule has 0 saturated carbocycles. The molecule has 7 nitrogen and oxygen atoms in total. The number of nitrogens with zero attached hydrogens (tertiary/aromatic N) is 2. The predicted molar refractivity (Wildman–Crippen MR) is 127 cm³/mol. The van der Waals surface area contributed by atoms with Crippen LogP contribution in [0.2, 0.25) is 0 Å². The van der Waals surface area contributed by atoms with Gasteiger partial charge in [0.2, 0.25) is 0 Å². The van der Waals surface area contributed by atoms with E-state index in [-0.39, 0.29) is 11.6 Å². The summed E-state index contributed by atoms with van der Waals surface area (Å²) in [7, 11) is 0. The molecule has 0 radical (unpaired) electrons. The first-order chi connectivity index (χ1) is 16.2. The first-order valence-electron chi connectivity index (χ1n) is 12.2. The number of likely N-dealkylation sites (tertiary alicyclic amines) is 2. The van der Waals surface area contributed by atoms with Gasteiger partial charge in [-0.25, -0.2) is 4.79 Å². The van der Waals surface area contributed by atoms with Gasteiger partial charge in [-0.1, -0.05) is 18.2 Å². The summed E-state index contributed by atoms with van der Waals surface area (Å²) in [6.07, 6.45) is 5.22. The van der Waals surface area contributed by atoms with Crippen LogP contribution in [0.25, 0.3) is 11.0 Å². The second-order valence-electron chi connectivity index (χ2n) is 9.61. The number of amides is 1. The molecule has 0 unspecified atom stereocenters. The summed E-state index contributed by atoms with van der Waals surface area (Å²) in [5.74, 6) is 1.45. The second kappa shape index (κ2) is 8.37. The van der Waals surface area contributed by atoms with Crippen LogP contribution >= 0.6 is 0 Å². The Morgan fingerprint density at radius 2 is 1.73 bits per heavy atom. The highest BCUT2D eigenvalue weighted by Gasteiger charge is 2.32. The Labute approximate surface area is 192 Å². The number of carbonyl (C=O) groups excluding carboxylic acids is 1. The summed E-state index contributed by atoms with van der Waals surface area (Å²) in [4.78, 5) is 35.0. The van der Waals surface area contributed by atoms with Crippen LogP contribution in [0.15, 0.2) is 41.2 Å². The van der Waals surface area contributed by atoms with E-state index in [1.807, 2.05) is 23.1 Å². The first kappa shape index (κ1) is 20.5. The third-order valence-electron chi connectivity index (χ3n) is 7.75. The number of nitrogens with one attached hydrogen (secondary N) is 2. The molecule has 2 aromatic carbocycles. The minimum atomic E-state index is -0.147. The number of H-pyrrole nitrogens is 2. The van der Waals surface area contributed by atoms with Crippen molar-refractivity contribution < 1.29 is 9.53 Å². The van der Waals surface area contributed by atoms with Gasteiger partial charge in [-0.3, -0.25) is 4.79 Å². The van der Waals surface area contributed by atoms with Gasteiger partial charge in [0.25, 0.3) is 5.91 Å². The molecule has 6 rings (SSSR count). The van der Waals surface area contributed by atoms with Gasteiger partial charge in [0, 0.05) is 25.6 Å². The average molecular weight is 447 g/mol. The fourth-order valence-electron chi connectivity index (χ4n) is 5.89. The highest BCUT2D eigenvalue weighted by atomic mass is 16.5. The summed E-state index contributed by atoms with van der Waals surface area (Å²) in [6, 6.07) is 12.8. The molecule has 33 heavy (non-hydrogen) atoms. The van der Waals surface area contributed by atoms with Gasteiger partial charge in [-0.15, -0.1) is 0 Å². The van der Waals surface area contributed by atoms with E-state index in [9.17, 15) is 9.59 Å². The molecule has 2 N–H and O–H groups in total. The number of para-hydroxylation sites is 1. The quantitative estimate of drug-likeness (QED) is 0.647. The van der Waals surface area contributed by atoms with Gasteiger partial charge in [0.15, 0.2) is 0 Å². The lowest BCUT2D eigenvalue weighted by molar-refractivity contribution is 0.0575. The third kappa shape index (κ3) is 3.84. The van der Waals surface area contributed by atoms with E-state index < -0.39 is 0 Å². The number of imidazole rings is 1. The Balaban J connectivity index is 1.05. The fourth-order valence-corrected chi connectivity index (χ4v) is 5.89. The monoisotopic (exact) mass is 446 g/mol. The number of hydrogen-bond acceptors (Lipinski definition) is 4. The van der Waals surface area contributed by atoms with Gasteiger partial charge in [-0.05, 0) is 74.0 Å². The Morgan fingerprint density at radius 1 is 0.939 bits per heavy atom. The van der Waals surface area contributed by atoms with E-state index in [0.717, 1.165) is 86.2 Å². The molecule has 0 bridgehead atoms. The van der Waals surface area contributed by atoms with Crippen LogP contribution in [-0.2, 0) is 6.42 Å². The summed E-state index contributed by atoms with van der Waals surface area (Å²) in [5, 5.41) is 0. The lowest BCUT2D eigenvalue weighted by Crippen LogP contribution is -2.48. The van der Waals surface area contributed by atoms with Crippen LogP contribution in [0.5, 0.6) is 5.75 Å². The largest absolute Gasteiger partial charge is 0.492 e. The Bertz CT molecular complexity index is 1230. The molecule has 3 aliphatic heterocycles. The number of carbonyl (C=O) groups is 1. The number of aromatic nitrogens is 2. The number of rotatable bonds is 3. The smallest absolute Gasteiger partial charge is 0.323 e. The lowest BCUT2D eigenvalue weighted by atomic mass is 9.88. The van der Waals surface area contributed by atoms with Gasteiger partial charge in [0.05, 0.1) is 23.2 Å². The molecular weight excluding hydrogens is 416 g/mol. The number of fused-ring (bicyclic) bond motifs is 2. The minimum absolute atomic E-state index is 0.115. The number of aromatic amines is 2. The van der Waals surface area contributed by atoms with Crippen LogP contribution in [-0.4, -0.2) is 64.5 Å². The Morgan fingerprint density at radius 3 is 2.55 bits per heavy atom. The molecule has 2 fully saturated rings. The van der Waals surface area contributed by atoms with E-state index in [1.54, 1.807) is 0 Å². The summed E-state index contributed by atoms with van der Waals surface area (Å²) >= 11 is 0. The van der Waals surface area contributed by atoms with Crippen LogP contribution in [0.4, 0.5) is 0 Å². The molecule has 3 aromatic rings. The molecule has 0 spiro atoms. The Hall–Kier alpha value is -3.06. The molecule has 0 aliphatic carbocycles. The third-order valence-corrected chi connectivity index (χ3v) is 7.75. The number of hydrogen-bond donors (Lipinski definition) is 2. The normalized spacial score (nSPS) is 20.2. The zero-order chi connectivity index (χ0) is 22.4. The zero-order valence-corrected chi connectivity index (χ0v) is 18.8. The van der Waals surface area contributed by atoms with Crippen LogP contribution in [0.1, 0.15) is 53.1 Å². The molecule has 0 atom stereocenters. The highest BCUT2D eigenvalue weighted by Crippen LogP contribution is 2.33. The molecule has 1 amide bonds. The topological polar surface area (TPSA) is 81.4 Å². The van der Waals surface area contributed by atoms with Gasteiger partial charge >= 0.3 is 5.69 Å². The molecule has 1 aromatic heterocycles. The van der Waals surface area contributed by atoms with Gasteiger partial charge in [0.1, 0.15) is 5.75 Å². The van der Waals surface area contributed by atoms with Crippen molar-refractivity contribution in [2.24, 2.45) is 0 Å². The molecule has 7 heteroatoms. The molecule has 172 valence electrons. The maximum Gasteiger partial charge on any atom is 0.323 e. The molecule has 2 saturated heterocycles. The standard InChI is InChI=1S/C26H30N4O3/c31-25(21-3-1-2-18-10-15-33-24(18)21)30-13-8-20(9-14-30)29-11-6-17(7-12-29)19-4-5-22-23(16-19)28-26(32)27-22/h1-5,16-17,20H,6-15H2,(H2,27,28,32). The van der Waals surface area contributed by atoms with Crippen molar-refractivity contribution in [3.63, 3.8) is 0 Å². The van der Waals surface area contributed by atoms with Crippen molar-refractivity contribution in [3.8, 4) is 5.75 Å². The van der Waals surface area contributed by atoms with Crippen LogP contribution in [0.3, 0.4) is 0 Å². The Kier molecular flexibility index (Phi) is 5.21. The van der Waals surface area contributed by atoms with Crippen molar-refractivity contribution in [2.75, 3.05) is 32.8 Å². The zero-order valence-electron chi connectivity index (χ0n) is 18.8. The maximum atomic E-state index is 13.1. The number of benzene rings is 2. The maximum absolute atomic E-state index is 13.1. The van der Waals surface area contributed by atoms with Gasteiger partial charge in [-0.2, -0.15) is 0 Å². The first-order valence-corrected chi connectivity index (χ1v) is 12.2. The van der Waals surface area contributed by atoms with Crippen molar-refractivity contribution in [2.45, 2.75) is 44.1 Å². The van der Waals surface area contributed by atoms with E-state index in [1.165, 1.54) is 5.56 Å².